The number of nitrogens with zero attached hydrogens (tertiary/aromatic N) is 2. The van der Waals surface area contributed by atoms with Crippen LogP contribution in [0, 0.1) is 17.7 Å². The van der Waals surface area contributed by atoms with Gasteiger partial charge >= 0.3 is 5.69 Å². The Morgan fingerprint density at radius 2 is 2.32 bits per heavy atom. The lowest BCUT2D eigenvalue weighted by molar-refractivity contribution is -0.0774. The number of halogens is 2. The van der Waals surface area contributed by atoms with E-state index in [1.54, 1.807) is 0 Å². The van der Waals surface area contributed by atoms with Crippen LogP contribution in [-0.2, 0) is 4.74 Å². The minimum Gasteiger partial charge on any atom is -0.391 e. The molecule has 1 unspecified atom stereocenters. The van der Waals surface area contributed by atoms with Gasteiger partial charge in [-0.1, -0.05) is 17.5 Å². The number of ether oxygens (including phenoxy) is 1. The summed E-state index contributed by atoms with van der Waals surface area (Å²) in [4.78, 5) is 13.5. The summed E-state index contributed by atoms with van der Waals surface area (Å²) in [7, 11) is 0. The van der Waals surface area contributed by atoms with Crippen LogP contribution in [0.4, 0.5) is 10.2 Å². The van der Waals surface area contributed by atoms with Gasteiger partial charge in [-0.05, 0) is 13.8 Å². The van der Waals surface area contributed by atoms with Crippen molar-refractivity contribution in [3.8, 4) is 11.8 Å². The largest absolute Gasteiger partial charge is 0.391 e. The van der Waals surface area contributed by atoms with E-state index in [0.717, 1.165) is 10.8 Å². The molecule has 1 aliphatic heterocycles. The van der Waals surface area contributed by atoms with Gasteiger partial charge in [-0.2, -0.15) is 4.98 Å². The number of anilines is 1. The molecule has 22 heavy (non-hydrogen) atoms. The molecule has 120 valence electrons. The fraction of sp³-hybridized carbons (Fsp3) is 0.538. The maximum absolute atomic E-state index is 13.6. The minimum absolute atomic E-state index is 0.561. The molecule has 0 aromatic carbocycles. The molecule has 1 aromatic heterocycles. The van der Waals surface area contributed by atoms with E-state index < -0.39 is 46.7 Å². The Morgan fingerprint density at radius 3 is 2.86 bits per heavy atom. The van der Waals surface area contributed by atoms with Crippen LogP contribution in [0.2, 0.25) is 0 Å². The Kier molecular flexibility index (Phi) is 4.44. The molecule has 9 heteroatoms. The van der Waals surface area contributed by atoms with Crippen molar-refractivity contribution < 1.29 is 19.3 Å². The number of alkyl halides is 1. The van der Waals surface area contributed by atoms with Crippen molar-refractivity contribution in [2.45, 2.75) is 43.3 Å². The van der Waals surface area contributed by atoms with Gasteiger partial charge in [-0.15, -0.1) is 5.92 Å². The lowest BCUT2D eigenvalue weighted by Gasteiger charge is -2.25. The van der Waals surface area contributed by atoms with E-state index in [1.165, 1.54) is 13.8 Å². The number of nitrogen functional groups attached to an aromatic ring is 1. The highest BCUT2D eigenvalue weighted by molar-refractivity contribution is 6.27. The molecule has 5 atom stereocenters. The first-order valence-corrected chi connectivity index (χ1v) is 6.78. The Hall–Kier alpha value is -1.66. The summed E-state index contributed by atoms with van der Waals surface area (Å²) in [6.07, 6.45) is -4.15. The van der Waals surface area contributed by atoms with Crippen LogP contribution in [0.15, 0.2) is 11.0 Å². The molecule has 2 heterocycles. The van der Waals surface area contributed by atoms with Gasteiger partial charge in [0.2, 0.25) is 0 Å². The molecule has 7 nitrogen and oxygen atoms in total. The van der Waals surface area contributed by atoms with Gasteiger partial charge in [0.25, 0.3) is 0 Å². The van der Waals surface area contributed by atoms with Crippen LogP contribution in [-0.4, -0.2) is 43.0 Å². The third-order valence-electron chi connectivity index (χ3n) is 3.37. The average Bonchev–Trinajstić information content (AvgIpc) is 2.68. The Labute approximate surface area is 130 Å². The number of nitrogens with two attached hydrogens (primary N) is 1. The summed E-state index contributed by atoms with van der Waals surface area (Å²) < 4.78 is 19.8. The second kappa shape index (κ2) is 5.85. The lowest BCUT2D eigenvalue weighted by Crippen LogP contribution is -2.44. The van der Waals surface area contributed by atoms with Crippen LogP contribution in [0.1, 0.15) is 20.1 Å². The molecular weight excluding hydrogens is 317 g/mol. The first kappa shape index (κ1) is 16.7. The molecule has 0 saturated carbocycles. The molecule has 0 spiro atoms. The fourth-order valence-corrected chi connectivity index (χ4v) is 2.68. The predicted molar refractivity (Wildman–Crippen MR) is 76.5 cm³/mol. The number of hydrogen-bond donors (Lipinski definition) is 3. The van der Waals surface area contributed by atoms with Crippen LogP contribution in [0.25, 0.3) is 0 Å². The van der Waals surface area contributed by atoms with Crippen LogP contribution >= 0.6 is 11.6 Å². The lowest BCUT2D eigenvalue weighted by atomic mass is 9.96. The number of hydrogen-bond acceptors (Lipinski definition) is 6. The smallest absolute Gasteiger partial charge is 0.351 e. The zero-order chi connectivity index (χ0) is 16.7. The van der Waals surface area contributed by atoms with Crippen molar-refractivity contribution >= 4 is 17.4 Å². The number of aromatic nitrogens is 2. The molecule has 0 bridgehead atoms. The van der Waals surface area contributed by atoms with Crippen molar-refractivity contribution in [2.75, 3.05) is 5.73 Å². The van der Waals surface area contributed by atoms with E-state index >= 15 is 0 Å². The van der Waals surface area contributed by atoms with Gasteiger partial charge < -0.3 is 20.7 Å². The zero-order valence-electron chi connectivity index (χ0n) is 11.8. The second-order valence-corrected chi connectivity index (χ2v) is 5.57. The number of aliphatic hydroxyl groups excluding tert-OH is 2. The Bertz CT molecular complexity index is 699. The summed E-state index contributed by atoms with van der Waals surface area (Å²) in [5.41, 5.74) is 4.31. The summed E-state index contributed by atoms with van der Waals surface area (Å²) in [6, 6.07) is 0. The predicted octanol–water partition coefficient (Wildman–Crippen LogP) is -0.395. The van der Waals surface area contributed by atoms with Crippen molar-refractivity contribution in [1.82, 2.24) is 9.55 Å². The van der Waals surface area contributed by atoms with Crippen molar-refractivity contribution in [1.29, 1.82) is 0 Å². The molecule has 4 N–H and O–H groups in total. The second-order valence-electron chi connectivity index (χ2n) is 4.95. The molecule has 0 aliphatic carbocycles. The summed E-state index contributed by atoms with van der Waals surface area (Å²) in [6.45, 7) is 2.87. The van der Waals surface area contributed by atoms with Crippen LogP contribution < -0.4 is 11.4 Å². The van der Waals surface area contributed by atoms with Gasteiger partial charge in [0.05, 0.1) is 12.3 Å². The molecule has 0 radical (unpaired) electrons. The average molecular weight is 332 g/mol. The van der Waals surface area contributed by atoms with Gasteiger partial charge in [-0.25, -0.2) is 9.18 Å². The van der Waals surface area contributed by atoms with Gasteiger partial charge in [0, 0.05) is 0 Å². The van der Waals surface area contributed by atoms with E-state index in [0.29, 0.717) is 0 Å². The zero-order valence-corrected chi connectivity index (χ0v) is 12.6. The highest BCUT2D eigenvalue weighted by Gasteiger charge is 2.57. The maximum atomic E-state index is 13.6. The Morgan fingerprint density at radius 1 is 1.68 bits per heavy atom. The van der Waals surface area contributed by atoms with E-state index in [9.17, 15) is 19.4 Å². The van der Waals surface area contributed by atoms with E-state index in [1.807, 2.05) is 0 Å². The van der Waals surface area contributed by atoms with Crippen molar-refractivity contribution in [2.24, 2.45) is 0 Å². The van der Waals surface area contributed by atoms with Gasteiger partial charge in [0.15, 0.2) is 22.7 Å². The van der Waals surface area contributed by atoms with Gasteiger partial charge in [0.1, 0.15) is 12.2 Å². The number of rotatable bonds is 2. The normalized spacial score (nSPS) is 32.4. The molecule has 1 saturated heterocycles. The molecule has 2 rings (SSSR count). The van der Waals surface area contributed by atoms with Crippen LogP contribution in [0.5, 0.6) is 0 Å². The van der Waals surface area contributed by atoms with Crippen LogP contribution in [0.3, 0.4) is 0 Å². The SMILES string of the molecule is CC#CC1(Cl)[C@@H](O)[C@@H]([C@@H](C)O)O[C@H]1n1cc(F)c(N)nc1=O. The first-order chi connectivity index (χ1) is 10.2. The highest BCUT2D eigenvalue weighted by Crippen LogP contribution is 2.43. The van der Waals surface area contributed by atoms with E-state index in [2.05, 4.69) is 16.8 Å². The third-order valence-corrected chi connectivity index (χ3v) is 3.87. The van der Waals surface area contributed by atoms with Crippen molar-refractivity contribution in [3.63, 3.8) is 0 Å². The standard InChI is InChI=1S/C13H15ClFN3O4/c1-3-4-13(14)9(20)8(6(2)19)22-11(13)18-5-7(15)10(16)17-12(18)21/h5-6,8-9,11,19-20H,1-2H3,(H2,16,17,21)/t6-,8-,9+,11-,13?/m1/s1. The summed E-state index contributed by atoms with van der Waals surface area (Å²) >= 11 is 6.32. The summed E-state index contributed by atoms with van der Waals surface area (Å²) in [5.74, 6) is 3.58. The quantitative estimate of drug-likeness (QED) is 0.502. The molecular formula is C13H15ClFN3O4. The third kappa shape index (κ3) is 2.57. The molecule has 1 fully saturated rings. The fourth-order valence-electron chi connectivity index (χ4n) is 2.31. The monoisotopic (exact) mass is 331 g/mol. The highest BCUT2D eigenvalue weighted by atomic mass is 35.5. The Balaban J connectivity index is 2.59. The van der Waals surface area contributed by atoms with Crippen molar-refractivity contribution in [3.05, 3.63) is 22.5 Å². The minimum atomic E-state index is -1.75. The molecule has 1 aromatic rings. The number of aliphatic hydroxyl groups is 2. The van der Waals surface area contributed by atoms with E-state index in [-0.39, 0.29) is 0 Å². The maximum Gasteiger partial charge on any atom is 0.351 e. The van der Waals surface area contributed by atoms with Gasteiger partial charge in [-0.3, -0.25) is 4.57 Å². The molecule has 0 amide bonds. The van der Waals surface area contributed by atoms with E-state index in [4.69, 9.17) is 22.1 Å². The topological polar surface area (TPSA) is 111 Å². The summed E-state index contributed by atoms with van der Waals surface area (Å²) in [5, 5.41) is 19.9. The first-order valence-electron chi connectivity index (χ1n) is 6.41. The molecule has 1 aliphatic rings.